The third kappa shape index (κ3) is 5.90. The Morgan fingerprint density at radius 2 is 1.79 bits per heavy atom. The average molecular weight is 417 g/mol. The lowest BCUT2D eigenvalue weighted by molar-refractivity contribution is 0.0468. The van der Waals surface area contributed by atoms with E-state index in [2.05, 4.69) is 10.3 Å². The van der Waals surface area contributed by atoms with Crippen LogP contribution >= 0.6 is 11.3 Å². The van der Waals surface area contributed by atoms with Crippen molar-refractivity contribution in [1.82, 2.24) is 4.98 Å². The van der Waals surface area contributed by atoms with Crippen molar-refractivity contribution in [3.63, 3.8) is 0 Å². The van der Waals surface area contributed by atoms with Crippen LogP contribution in [0.25, 0.3) is 0 Å². The summed E-state index contributed by atoms with van der Waals surface area (Å²) in [5.41, 5.74) is 3.77. The van der Waals surface area contributed by atoms with Crippen molar-refractivity contribution in [3.05, 3.63) is 76.3 Å². The van der Waals surface area contributed by atoms with Crippen molar-refractivity contribution in [3.8, 4) is 0 Å². The Hall–Kier alpha value is -2.71. The van der Waals surface area contributed by atoms with Gasteiger partial charge in [-0.25, -0.2) is 18.2 Å². The van der Waals surface area contributed by atoms with E-state index < -0.39 is 15.8 Å². The van der Waals surface area contributed by atoms with E-state index in [1.807, 2.05) is 36.6 Å². The van der Waals surface area contributed by atoms with Gasteiger partial charge in [0.15, 0.2) is 15.0 Å². The van der Waals surface area contributed by atoms with Crippen molar-refractivity contribution >= 4 is 38.0 Å². The maximum atomic E-state index is 12.2. The fourth-order valence-electron chi connectivity index (χ4n) is 2.45. The first-order valence-electron chi connectivity index (χ1n) is 8.50. The number of thiazole rings is 1. The maximum Gasteiger partial charge on any atom is 0.338 e. The Kier molecular flexibility index (Phi) is 6.11. The van der Waals surface area contributed by atoms with E-state index in [0.29, 0.717) is 16.8 Å². The molecule has 0 saturated carbocycles. The van der Waals surface area contributed by atoms with E-state index in [-0.39, 0.29) is 12.4 Å². The maximum absolute atomic E-state index is 12.2. The van der Waals surface area contributed by atoms with Gasteiger partial charge in [-0.15, -0.1) is 11.3 Å². The van der Waals surface area contributed by atoms with Crippen LogP contribution in [-0.4, -0.2) is 25.6 Å². The van der Waals surface area contributed by atoms with Gasteiger partial charge in [0.25, 0.3) is 0 Å². The van der Waals surface area contributed by atoms with E-state index in [4.69, 9.17) is 4.74 Å². The fourth-order valence-corrected chi connectivity index (χ4v) is 3.97. The first-order chi connectivity index (χ1) is 13.3. The number of nitrogens with one attached hydrogen (secondary N) is 1. The quantitative estimate of drug-likeness (QED) is 0.584. The summed E-state index contributed by atoms with van der Waals surface area (Å²) in [6.45, 7) is 2.09. The molecule has 1 heterocycles. The molecule has 0 unspecified atom stereocenters. The van der Waals surface area contributed by atoms with Gasteiger partial charge in [-0.3, -0.25) is 0 Å². The van der Waals surface area contributed by atoms with Crippen LogP contribution in [0, 0.1) is 6.92 Å². The Labute approximate surface area is 168 Å². The highest BCUT2D eigenvalue weighted by atomic mass is 32.2. The standard InChI is InChI=1S/C20H20N2O4S2/c1-14-3-9-17(10-4-14)21-20-22-18(12-27-20)11-26-19(23)16-7-5-15(6-8-16)13-28(2,24)25/h3-10,12H,11,13H2,1-2H3,(H,21,22). The molecule has 0 aliphatic heterocycles. The van der Waals surface area contributed by atoms with Gasteiger partial charge in [-0.1, -0.05) is 29.8 Å². The molecule has 0 spiro atoms. The molecular weight excluding hydrogens is 396 g/mol. The van der Waals surface area contributed by atoms with Gasteiger partial charge < -0.3 is 10.1 Å². The number of anilines is 2. The SMILES string of the molecule is Cc1ccc(Nc2nc(COC(=O)c3ccc(CS(C)(=O)=O)cc3)cs2)cc1. The molecule has 0 atom stereocenters. The molecule has 3 aromatic rings. The summed E-state index contributed by atoms with van der Waals surface area (Å²) in [6.07, 6.45) is 1.17. The number of carbonyl (C=O) groups excluding carboxylic acids is 1. The van der Waals surface area contributed by atoms with Gasteiger partial charge in [-0.2, -0.15) is 0 Å². The van der Waals surface area contributed by atoms with Crippen LogP contribution in [0.4, 0.5) is 10.8 Å². The zero-order valence-corrected chi connectivity index (χ0v) is 17.1. The van der Waals surface area contributed by atoms with Crippen LogP contribution in [0.1, 0.15) is 27.2 Å². The predicted octanol–water partition coefficient (Wildman–Crippen LogP) is 4.10. The van der Waals surface area contributed by atoms with Crippen LogP contribution in [0.15, 0.2) is 53.9 Å². The van der Waals surface area contributed by atoms with Crippen LogP contribution < -0.4 is 5.32 Å². The molecule has 0 amide bonds. The van der Waals surface area contributed by atoms with E-state index in [9.17, 15) is 13.2 Å². The average Bonchev–Trinajstić information content (AvgIpc) is 3.08. The van der Waals surface area contributed by atoms with E-state index in [0.717, 1.165) is 10.8 Å². The minimum Gasteiger partial charge on any atom is -0.456 e. The molecule has 0 fully saturated rings. The zero-order valence-electron chi connectivity index (χ0n) is 15.5. The number of carbonyl (C=O) groups is 1. The predicted molar refractivity (Wildman–Crippen MR) is 111 cm³/mol. The number of benzene rings is 2. The molecule has 6 nitrogen and oxygen atoms in total. The second kappa shape index (κ2) is 8.53. The number of aromatic nitrogens is 1. The van der Waals surface area contributed by atoms with E-state index >= 15 is 0 Å². The molecule has 0 bridgehead atoms. The molecule has 1 N–H and O–H groups in total. The Morgan fingerprint density at radius 1 is 1.11 bits per heavy atom. The largest absolute Gasteiger partial charge is 0.456 e. The molecular formula is C20H20N2O4S2. The van der Waals surface area contributed by atoms with E-state index in [1.54, 1.807) is 24.3 Å². The Morgan fingerprint density at radius 3 is 2.43 bits per heavy atom. The number of aryl methyl sites for hydroxylation is 1. The molecule has 0 aliphatic carbocycles. The number of ether oxygens (including phenoxy) is 1. The molecule has 28 heavy (non-hydrogen) atoms. The lowest BCUT2D eigenvalue weighted by atomic mass is 10.1. The second-order valence-corrected chi connectivity index (χ2v) is 9.48. The summed E-state index contributed by atoms with van der Waals surface area (Å²) in [7, 11) is -3.11. The summed E-state index contributed by atoms with van der Waals surface area (Å²) >= 11 is 1.43. The van der Waals surface area contributed by atoms with Gasteiger partial charge in [0, 0.05) is 17.3 Å². The molecule has 3 rings (SSSR count). The minimum atomic E-state index is -3.11. The first kappa shape index (κ1) is 20.0. The van der Waals surface area contributed by atoms with Crippen LogP contribution in [-0.2, 0) is 26.9 Å². The van der Waals surface area contributed by atoms with Crippen molar-refractivity contribution in [2.24, 2.45) is 0 Å². The molecule has 0 saturated heterocycles. The second-order valence-electron chi connectivity index (χ2n) is 6.48. The summed E-state index contributed by atoms with van der Waals surface area (Å²) in [6, 6.07) is 14.3. The summed E-state index contributed by atoms with van der Waals surface area (Å²) in [4.78, 5) is 16.6. The minimum absolute atomic E-state index is 0.0576. The van der Waals surface area contributed by atoms with Crippen LogP contribution in [0.5, 0.6) is 0 Å². The highest BCUT2D eigenvalue weighted by molar-refractivity contribution is 7.89. The third-order valence-corrected chi connectivity index (χ3v) is 5.49. The van der Waals surface area contributed by atoms with E-state index in [1.165, 1.54) is 23.2 Å². The summed E-state index contributed by atoms with van der Waals surface area (Å²) in [5.74, 6) is -0.537. The number of rotatable bonds is 7. The fraction of sp³-hybridized carbons (Fsp3) is 0.200. The van der Waals surface area contributed by atoms with Gasteiger partial charge in [0.2, 0.25) is 0 Å². The topological polar surface area (TPSA) is 85.4 Å². The zero-order chi connectivity index (χ0) is 20.1. The van der Waals surface area contributed by atoms with Gasteiger partial charge in [0.05, 0.1) is 17.0 Å². The van der Waals surface area contributed by atoms with Crippen molar-refractivity contribution < 1.29 is 17.9 Å². The number of sulfone groups is 1. The molecule has 146 valence electrons. The van der Waals surface area contributed by atoms with Crippen molar-refractivity contribution in [1.29, 1.82) is 0 Å². The van der Waals surface area contributed by atoms with Gasteiger partial charge in [-0.05, 0) is 36.8 Å². The van der Waals surface area contributed by atoms with Crippen LogP contribution in [0.2, 0.25) is 0 Å². The number of nitrogens with zero attached hydrogens (tertiary/aromatic N) is 1. The molecule has 2 aromatic carbocycles. The molecule has 8 heteroatoms. The monoisotopic (exact) mass is 416 g/mol. The Balaban J connectivity index is 1.54. The van der Waals surface area contributed by atoms with Crippen molar-refractivity contribution in [2.75, 3.05) is 11.6 Å². The number of hydrogen-bond acceptors (Lipinski definition) is 7. The number of hydrogen-bond donors (Lipinski definition) is 1. The molecule has 0 aliphatic rings. The van der Waals surface area contributed by atoms with Gasteiger partial charge >= 0.3 is 5.97 Å². The smallest absolute Gasteiger partial charge is 0.338 e. The Bertz CT molecular complexity index is 1060. The third-order valence-electron chi connectivity index (χ3n) is 3.82. The van der Waals surface area contributed by atoms with Gasteiger partial charge in [0.1, 0.15) is 6.61 Å². The summed E-state index contributed by atoms with van der Waals surface area (Å²) in [5, 5.41) is 5.77. The number of esters is 1. The lowest BCUT2D eigenvalue weighted by Gasteiger charge is -2.05. The van der Waals surface area contributed by atoms with Crippen molar-refractivity contribution in [2.45, 2.75) is 19.3 Å². The highest BCUT2D eigenvalue weighted by Crippen LogP contribution is 2.22. The van der Waals surface area contributed by atoms with Crippen LogP contribution in [0.3, 0.4) is 0 Å². The first-order valence-corrected chi connectivity index (χ1v) is 11.4. The molecule has 0 radical (unpaired) electrons. The normalized spacial score (nSPS) is 11.2. The highest BCUT2D eigenvalue weighted by Gasteiger charge is 2.11. The summed E-state index contributed by atoms with van der Waals surface area (Å²) < 4.78 is 27.9. The lowest BCUT2D eigenvalue weighted by Crippen LogP contribution is -2.06. The molecule has 1 aromatic heterocycles.